The fraction of sp³-hybridized carbons (Fsp3) is 0.0588. The molecule has 3 heterocycles. The Hall–Kier alpha value is -6.64. The molecule has 2 aliphatic heterocycles. The largest absolute Gasteiger partial charge is 0.332 e. The maximum absolute atomic E-state index is 2.67. The van der Waals surface area contributed by atoms with Crippen molar-refractivity contribution < 1.29 is 0 Å². The molecule has 0 saturated heterocycles. The van der Waals surface area contributed by atoms with Crippen molar-refractivity contribution in [2.45, 2.75) is 18.4 Å². The van der Waals surface area contributed by atoms with E-state index in [1.807, 2.05) is 0 Å². The summed E-state index contributed by atoms with van der Waals surface area (Å²) in [5, 5.41) is 7.84. The lowest BCUT2D eigenvalue weighted by Crippen LogP contribution is -2.26. The van der Waals surface area contributed by atoms with E-state index in [4.69, 9.17) is 0 Å². The number of aromatic nitrogens is 1. The topological polar surface area (TPSA) is 8.17 Å². The van der Waals surface area contributed by atoms with Crippen LogP contribution in [-0.2, 0) is 6.42 Å². The number of nitrogens with zero attached hydrogens (tertiary/aromatic N) is 2. The molecular formula is C51H32N2. The summed E-state index contributed by atoms with van der Waals surface area (Å²) in [6, 6.07) is 57.2. The van der Waals surface area contributed by atoms with Gasteiger partial charge in [-0.1, -0.05) is 152 Å². The molecule has 2 atom stereocenters. The van der Waals surface area contributed by atoms with Crippen LogP contribution in [0.25, 0.3) is 76.9 Å². The molecule has 13 rings (SSSR count). The molecule has 0 radical (unpaired) electrons. The van der Waals surface area contributed by atoms with Gasteiger partial charge in [-0.3, -0.25) is 0 Å². The molecule has 2 heteroatoms. The summed E-state index contributed by atoms with van der Waals surface area (Å²) in [5.41, 5.74) is 18.8. The van der Waals surface area contributed by atoms with E-state index < -0.39 is 0 Å². The SMILES string of the molecule is C1=CC2c3c(c4ccccc4c4c5ccc6ccccc6c5n(-c5ccc(-c6cccc7c6-c6ccccc6C7)cc5)c34)N3c4ccccc4C(=C1)C23. The smallest absolute Gasteiger partial charge is 0.0703 e. The zero-order valence-electron chi connectivity index (χ0n) is 28.9. The fourth-order valence-corrected chi connectivity index (χ4v) is 10.6. The van der Waals surface area contributed by atoms with Gasteiger partial charge in [-0.05, 0) is 74.3 Å². The van der Waals surface area contributed by atoms with Crippen molar-refractivity contribution in [3.05, 3.63) is 192 Å². The number of hydrogen-bond donors (Lipinski definition) is 0. The van der Waals surface area contributed by atoms with Gasteiger partial charge in [0.1, 0.15) is 0 Å². The van der Waals surface area contributed by atoms with Crippen LogP contribution in [-0.4, -0.2) is 10.6 Å². The van der Waals surface area contributed by atoms with Crippen molar-refractivity contribution in [2.75, 3.05) is 4.90 Å². The standard InChI is InChI=1S/C51H32N2/c1-4-15-37-30(11-1)25-28-43-46-39-17-5-6-18-41(39)50-47(42-21-10-20-40-38-16-7-8-22-44(38)53(50)49(40)42)51(46)52(48(37)43)34-26-23-31(24-27-34)35-19-9-13-33-29-32-12-2-3-14-36(32)45(33)35/h1-28,42,49H,29H2. The molecule has 53 heavy (non-hydrogen) atoms. The van der Waals surface area contributed by atoms with Crippen molar-refractivity contribution in [2.24, 2.45) is 0 Å². The molecule has 246 valence electrons. The highest BCUT2D eigenvalue weighted by atomic mass is 15.2. The minimum Gasteiger partial charge on any atom is -0.332 e. The summed E-state index contributed by atoms with van der Waals surface area (Å²) in [5.74, 6) is 0.227. The van der Waals surface area contributed by atoms with Gasteiger partial charge in [0.25, 0.3) is 0 Å². The molecule has 2 unspecified atom stereocenters. The quantitative estimate of drug-likeness (QED) is 0.177. The number of anilines is 2. The van der Waals surface area contributed by atoms with Crippen LogP contribution in [0, 0.1) is 0 Å². The average Bonchev–Trinajstić information content (AvgIpc) is 3.97. The maximum atomic E-state index is 2.67. The number of fused-ring (bicyclic) bond motifs is 18. The predicted octanol–water partition coefficient (Wildman–Crippen LogP) is 12.9. The number of rotatable bonds is 2. The van der Waals surface area contributed by atoms with Crippen LogP contribution in [0.5, 0.6) is 0 Å². The van der Waals surface area contributed by atoms with Crippen LogP contribution < -0.4 is 4.90 Å². The molecule has 2 aliphatic carbocycles. The molecule has 0 fully saturated rings. The summed E-state index contributed by atoms with van der Waals surface area (Å²) in [6.07, 6.45) is 8.12. The molecule has 2 nitrogen and oxygen atoms in total. The van der Waals surface area contributed by atoms with E-state index >= 15 is 0 Å². The van der Waals surface area contributed by atoms with E-state index in [9.17, 15) is 0 Å². The first-order valence-electron chi connectivity index (χ1n) is 18.8. The summed E-state index contributed by atoms with van der Waals surface area (Å²) in [4.78, 5) is 2.67. The first-order chi connectivity index (χ1) is 26.3. The highest BCUT2D eigenvalue weighted by Gasteiger charge is 2.49. The molecule has 0 amide bonds. The lowest BCUT2D eigenvalue weighted by Gasteiger charge is -2.24. The first-order valence-corrected chi connectivity index (χ1v) is 18.8. The highest BCUT2D eigenvalue weighted by Crippen LogP contribution is 2.62. The molecule has 0 spiro atoms. The van der Waals surface area contributed by atoms with Gasteiger partial charge in [0.15, 0.2) is 0 Å². The van der Waals surface area contributed by atoms with Crippen molar-refractivity contribution in [1.82, 2.24) is 4.57 Å². The van der Waals surface area contributed by atoms with Gasteiger partial charge in [-0.15, -0.1) is 0 Å². The van der Waals surface area contributed by atoms with Crippen LogP contribution >= 0.6 is 0 Å². The Morgan fingerprint density at radius 2 is 1.26 bits per heavy atom. The zero-order valence-corrected chi connectivity index (χ0v) is 28.9. The van der Waals surface area contributed by atoms with Crippen LogP contribution in [0.15, 0.2) is 170 Å². The molecule has 4 aliphatic rings. The average molecular weight is 673 g/mol. The monoisotopic (exact) mass is 672 g/mol. The molecule has 9 aromatic rings. The second-order valence-electron chi connectivity index (χ2n) is 15.1. The fourth-order valence-electron chi connectivity index (χ4n) is 10.6. The Bertz CT molecular complexity index is 3150. The van der Waals surface area contributed by atoms with E-state index in [1.165, 1.54) is 110 Å². The predicted molar refractivity (Wildman–Crippen MR) is 222 cm³/mol. The van der Waals surface area contributed by atoms with Crippen molar-refractivity contribution in [1.29, 1.82) is 0 Å². The zero-order chi connectivity index (χ0) is 34.4. The normalized spacial score (nSPS) is 17.4. The number of hydrogen-bond acceptors (Lipinski definition) is 1. The van der Waals surface area contributed by atoms with Crippen molar-refractivity contribution >= 4 is 60.3 Å². The number of para-hydroxylation sites is 1. The molecule has 0 saturated carbocycles. The van der Waals surface area contributed by atoms with Crippen LogP contribution in [0.1, 0.15) is 28.2 Å². The second kappa shape index (κ2) is 10.0. The molecule has 0 N–H and O–H groups in total. The van der Waals surface area contributed by atoms with Gasteiger partial charge in [0, 0.05) is 50.0 Å². The Morgan fingerprint density at radius 1 is 0.528 bits per heavy atom. The molecule has 8 aromatic carbocycles. The Labute approximate surface area is 307 Å². The van der Waals surface area contributed by atoms with E-state index in [1.54, 1.807) is 0 Å². The minimum absolute atomic E-state index is 0.227. The molecular weight excluding hydrogens is 641 g/mol. The number of allylic oxidation sites excluding steroid dienone is 2. The van der Waals surface area contributed by atoms with Gasteiger partial charge in [0.2, 0.25) is 0 Å². The summed E-state index contributed by atoms with van der Waals surface area (Å²) in [7, 11) is 0. The third-order valence-corrected chi connectivity index (χ3v) is 12.7. The van der Waals surface area contributed by atoms with E-state index in [0.717, 1.165) is 6.42 Å². The lowest BCUT2D eigenvalue weighted by molar-refractivity contribution is 0.783. The molecule has 0 bridgehead atoms. The van der Waals surface area contributed by atoms with Gasteiger partial charge in [-0.25, -0.2) is 0 Å². The van der Waals surface area contributed by atoms with Crippen LogP contribution in [0.4, 0.5) is 11.4 Å². The van der Waals surface area contributed by atoms with Gasteiger partial charge in [-0.2, -0.15) is 0 Å². The highest BCUT2D eigenvalue weighted by molar-refractivity contribution is 6.30. The van der Waals surface area contributed by atoms with E-state index in [-0.39, 0.29) is 12.0 Å². The van der Waals surface area contributed by atoms with Crippen LogP contribution in [0.2, 0.25) is 0 Å². The maximum Gasteiger partial charge on any atom is 0.0703 e. The second-order valence-corrected chi connectivity index (χ2v) is 15.1. The third kappa shape index (κ3) is 3.49. The third-order valence-electron chi connectivity index (χ3n) is 12.7. The summed E-state index contributed by atoms with van der Waals surface area (Å²) in [6.45, 7) is 0. The summed E-state index contributed by atoms with van der Waals surface area (Å²) < 4.78 is 2.62. The Kier molecular flexibility index (Phi) is 5.30. The van der Waals surface area contributed by atoms with E-state index in [0.29, 0.717) is 0 Å². The van der Waals surface area contributed by atoms with Gasteiger partial charge in [0.05, 0.1) is 22.8 Å². The van der Waals surface area contributed by atoms with E-state index in [2.05, 4.69) is 179 Å². The van der Waals surface area contributed by atoms with Gasteiger partial charge >= 0.3 is 0 Å². The lowest BCUT2D eigenvalue weighted by atomic mass is 9.83. The molecule has 1 aromatic heterocycles. The Morgan fingerprint density at radius 3 is 2.17 bits per heavy atom. The van der Waals surface area contributed by atoms with Crippen molar-refractivity contribution in [3.8, 4) is 27.9 Å². The Balaban J connectivity index is 1.14. The number of benzene rings is 8. The summed E-state index contributed by atoms with van der Waals surface area (Å²) >= 11 is 0. The minimum atomic E-state index is 0.227. The van der Waals surface area contributed by atoms with Crippen LogP contribution in [0.3, 0.4) is 0 Å². The van der Waals surface area contributed by atoms with Gasteiger partial charge < -0.3 is 9.47 Å². The first kappa shape index (κ1) is 28.0. The van der Waals surface area contributed by atoms with Crippen molar-refractivity contribution in [3.63, 3.8) is 0 Å².